The van der Waals surface area contributed by atoms with E-state index in [9.17, 15) is 15.0 Å². The van der Waals surface area contributed by atoms with Gasteiger partial charge < -0.3 is 14.9 Å². The van der Waals surface area contributed by atoms with Gasteiger partial charge in [0.15, 0.2) is 5.78 Å². The van der Waals surface area contributed by atoms with Gasteiger partial charge >= 0.3 is 0 Å². The molecular formula is C15H12O4. The highest BCUT2D eigenvalue weighted by atomic mass is 16.5. The molecule has 1 aliphatic rings. The lowest BCUT2D eigenvalue weighted by molar-refractivity contribution is 0.0896. The van der Waals surface area contributed by atoms with Crippen molar-refractivity contribution in [1.82, 2.24) is 0 Å². The zero-order valence-corrected chi connectivity index (χ0v) is 9.73. The summed E-state index contributed by atoms with van der Waals surface area (Å²) in [5.74, 6) is -2.32. The Hall–Kier alpha value is -2.49. The summed E-state index contributed by atoms with van der Waals surface area (Å²) < 4.78 is 35.9. The molecule has 0 saturated heterocycles. The SMILES string of the molecule is [2H]c1cc(C2COc3c(cc([2H])c(O)c3[2H])C2=O)cc([2H])c1O. The number of ketones is 1. The van der Waals surface area contributed by atoms with E-state index in [0.717, 1.165) is 6.07 Å². The van der Waals surface area contributed by atoms with E-state index in [1.54, 1.807) is 0 Å². The molecule has 0 fully saturated rings. The number of fused-ring (bicyclic) bond motifs is 1. The first kappa shape index (κ1) is 7.84. The van der Waals surface area contributed by atoms with Crippen LogP contribution < -0.4 is 4.74 Å². The first-order valence-electron chi connectivity index (χ1n) is 7.61. The van der Waals surface area contributed by atoms with Gasteiger partial charge in [0.1, 0.15) is 23.9 Å². The summed E-state index contributed by atoms with van der Waals surface area (Å²) in [6, 6.07) is 2.42. The number of benzene rings is 2. The van der Waals surface area contributed by atoms with E-state index in [4.69, 9.17) is 10.2 Å². The highest BCUT2D eigenvalue weighted by Gasteiger charge is 2.30. The number of aromatic hydroxyl groups is 2. The molecule has 2 N–H and O–H groups in total. The molecule has 1 atom stereocenters. The second-order valence-corrected chi connectivity index (χ2v) is 4.16. The predicted molar refractivity (Wildman–Crippen MR) is 68.8 cm³/mol. The van der Waals surface area contributed by atoms with Gasteiger partial charge in [-0.1, -0.05) is 12.1 Å². The normalized spacial score (nSPS) is 20.6. The summed E-state index contributed by atoms with van der Waals surface area (Å²) in [5, 5.41) is 19.1. The van der Waals surface area contributed by atoms with E-state index in [-0.39, 0.29) is 36.0 Å². The van der Waals surface area contributed by atoms with Gasteiger partial charge in [-0.15, -0.1) is 0 Å². The molecule has 19 heavy (non-hydrogen) atoms. The number of Topliss-reactive ketones (excluding diaryl/α,β-unsaturated/α-hetero) is 1. The Bertz CT molecular complexity index is 812. The van der Waals surface area contributed by atoms with Crippen LogP contribution in [-0.2, 0) is 0 Å². The molecule has 4 heteroatoms. The first-order valence-corrected chi connectivity index (χ1v) is 5.61. The molecule has 0 aromatic heterocycles. The highest BCUT2D eigenvalue weighted by Crippen LogP contribution is 2.34. The maximum atomic E-state index is 12.6. The average Bonchev–Trinajstić information content (AvgIpc) is 2.51. The Morgan fingerprint density at radius 1 is 1.16 bits per heavy atom. The van der Waals surface area contributed by atoms with Crippen LogP contribution in [0.3, 0.4) is 0 Å². The van der Waals surface area contributed by atoms with Crippen LogP contribution in [-0.4, -0.2) is 22.6 Å². The van der Waals surface area contributed by atoms with Gasteiger partial charge in [-0.25, -0.2) is 0 Å². The number of ether oxygens (including phenoxy) is 1. The van der Waals surface area contributed by atoms with Crippen molar-refractivity contribution >= 4 is 5.78 Å². The van der Waals surface area contributed by atoms with Crippen molar-refractivity contribution in [3.05, 3.63) is 53.5 Å². The Balaban J connectivity index is 2.08. The van der Waals surface area contributed by atoms with Crippen molar-refractivity contribution in [1.29, 1.82) is 0 Å². The first-order chi connectivity index (χ1) is 10.8. The summed E-state index contributed by atoms with van der Waals surface area (Å²) in [6.07, 6.45) is 0. The number of carbonyl (C=O) groups is 1. The molecule has 0 amide bonds. The third-order valence-electron chi connectivity index (χ3n) is 2.96. The Morgan fingerprint density at radius 2 is 1.84 bits per heavy atom. The molecule has 96 valence electrons. The molecule has 0 spiro atoms. The third kappa shape index (κ3) is 2.01. The van der Waals surface area contributed by atoms with Crippen LogP contribution in [0, 0.1) is 0 Å². The monoisotopic (exact) mass is 260 g/mol. The lowest BCUT2D eigenvalue weighted by Crippen LogP contribution is -2.25. The minimum Gasteiger partial charge on any atom is -0.508 e. The number of carbonyl (C=O) groups excluding carboxylic acids is 1. The number of phenolic OH excluding ortho intramolecular Hbond substituents is 2. The fraction of sp³-hybridized carbons (Fsp3) is 0.133. The summed E-state index contributed by atoms with van der Waals surface area (Å²) in [7, 11) is 0. The van der Waals surface area contributed by atoms with Crippen LogP contribution in [0.25, 0.3) is 0 Å². The Labute approximate surface area is 115 Å². The number of phenols is 2. The van der Waals surface area contributed by atoms with Crippen LogP contribution >= 0.6 is 0 Å². The van der Waals surface area contributed by atoms with Crippen molar-refractivity contribution in [2.24, 2.45) is 0 Å². The summed E-state index contributed by atoms with van der Waals surface area (Å²) in [5.41, 5.74) is 0.361. The van der Waals surface area contributed by atoms with Gasteiger partial charge in [0.05, 0.1) is 17.0 Å². The molecule has 4 nitrogen and oxygen atoms in total. The molecule has 2 aromatic carbocycles. The molecule has 0 bridgehead atoms. The van der Waals surface area contributed by atoms with E-state index in [0.29, 0.717) is 5.56 Å². The van der Waals surface area contributed by atoms with Crippen LogP contribution in [0.4, 0.5) is 0 Å². The van der Waals surface area contributed by atoms with Crippen molar-refractivity contribution in [3.8, 4) is 17.2 Å². The van der Waals surface area contributed by atoms with E-state index in [2.05, 4.69) is 0 Å². The fourth-order valence-electron chi connectivity index (χ4n) is 1.98. The maximum absolute atomic E-state index is 12.6. The van der Waals surface area contributed by atoms with E-state index in [1.807, 2.05) is 0 Å². The van der Waals surface area contributed by atoms with Gasteiger partial charge in [0.2, 0.25) is 0 Å². The smallest absolute Gasteiger partial charge is 0.177 e. The summed E-state index contributed by atoms with van der Waals surface area (Å²) in [4.78, 5) is 12.6. The summed E-state index contributed by atoms with van der Waals surface area (Å²) >= 11 is 0. The van der Waals surface area contributed by atoms with Crippen molar-refractivity contribution in [2.75, 3.05) is 6.61 Å². The topological polar surface area (TPSA) is 66.8 Å². The quantitative estimate of drug-likeness (QED) is 0.826. The number of hydrogen-bond acceptors (Lipinski definition) is 4. The molecule has 1 aliphatic heterocycles. The molecule has 0 saturated carbocycles. The third-order valence-corrected chi connectivity index (χ3v) is 2.96. The zero-order valence-electron chi connectivity index (χ0n) is 13.7. The van der Waals surface area contributed by atoms with Gasteiger partial charge in [-0.05, 0) is 29.8 Å². The summed E-state index contributed by atoms with van der Waals surface area (Å²) in [6.45, 7) is -0.113. The minimum absolute atomic E-state index is 0.0141. The van der Waals surface area contributed by atoms with Crippen molar-refractivity contribution in [2.45, 2.75) is 5.92 Å². The second kappa shape index (κ2) is 4.31. The van der Waals surface area contributed by atoms with Gasteiger partial charge in [-0.3, -0.25) is 4.79 Å². The number of rotatable bonds is 1. The Kier molecular flexibility index (Phi) is 1.78. The van der Waals surface area contributed by atoms with E-state index < -0.39 is 29.2 Å². The van der Waals surface area contributed by atoms with E-state index >= 15 is 0 Å². The van der Waals surface area contributed by atoms with Gasteiger partial charge in [0, 0.05) is 6.04 Å². The lowest BCUT2D eigenvalue weighted by atomic mass is 9.89. The van der Waals surface area contributed by atoms with E-state index in [1.165, 1.54) is 12.1 Å². The standard InChI is InChI=1S/C15H12O4/c16-10-3-1-9(2-4-10)13-8-19-14-7-11(17)5-6-12(14)15(13)18/h1-7,13,16-17H,8H2/i3D,4D,5D,7D. The van der Waals surface area contributed by atoms with Crippen LogP contribution in [0.2, 0.25) is 0 Å². The maximum Gasteiger partial charge on any atom is 0.177 e. The van der Waals surface area contributed by atoms with Crippen LogP contribution in [0.5, 0.6) is 17.2 Å². The molecular weight excluding hydrogens is 244 g/mol. The molecule has 3 rings (SSSR count). The molecule has 2 aromatic rings. The van der Waals surface area contributed by atoms with Gasteiger partial charge in [0.25, 0.3) is 0 Å². The lowest BCUT2D eigenvalue weighted by Gasteiger charge is -2.24. The van der Waals surface area contributed by atoms with Crippen molar-refractivity contribution < 1.29 is 25.2 Å². The number of hydrogen-bond donors (Lipinski definition) is 2. The largest absolute Gasteiger partial charge is 0.508 e. The Morgan fingerprint density at radius 3 is 2.58 bits per heavy atom. The highest BCUT2D eigenvalue weighted by molar-refractivity contribution is 6.04. The predicted octanol–water partition coefficient (Wildman–Crippen LogP) is 2.46. The molecule has 0 aliphatic carbocycles. The van der Waals surface area contributed by atoms with Gasteiger partial charge in [-0.2, -0.15) is 0 Å². The zero-order chi connectivity index (χ0) is 16.9. The molecule has 1 heterocycles. The average molecular weight is 260 g/mol. The fourth-order valence-corrected chi connectivity index (χ4v) is 1.98. The second-order valence-electron chi connectivity index (χ2n) is 4.16. The molecule has 0 radical (unpaired) electrons. The van der Waals surface area contributed by atoms with Crippen molar-refractivity contribution in [3.63, 3.8) is 0 Å². The van der Waals surface area contributed by atoms with Crippen LogP contribution in [0.1, 0.15) is 27.3 Å². The van der Waals surface area contributed by atoms with Crippen LogP contribution in [0.15, 0.2) is 42.4 Å². The molecule has 1 unspecified atom stereocenters. The minimum atomic E-state index is -0.806.